The van der Waals surface area contributed by atoms with Crippen molar-refractivity contribution in [2.24, 2.45) is 5.92 Å². The second-order valence-electron chi connectivity index (χ2n) is 8.12. The number of halogens is 4. The zero-order valence-corrected chi connectivity index (χ0v) is 21.3. The Balaban J connectivity index is 0.00000235. The predicted octanol–water partition coefficient (Wildman–Crippen LogP) is 6.40. The van der Waals surface area contributed by atoms with Gasteiger partial charge < -0.3 is 15.4 Å². The minimum Gasteiger partial charge on any atom is -0.391 e. The van der Waals surface area contributed by atoms with Crippen LogP contribution in [0.2, 0.25) is 0 Å². The van der Waals surface area contributed by atoms with E-state index in [-0.39, 0.29) is 24.2 Å². The summed E-state index contributed by atoms with van der Waals surface area (Å²) in [6.45, 7) is 9.93. The quantitative estimate of drug-likeness (QED) is 0.304. The molecule has 0 aliphatic carbocycles. The molecule has 1 aromatic heterocycles. The summed E-state index contributed by atoms with van der Waals surface area (Å²) >= 11 is 0. The lowest BCUT2D eigenvalue weighted by Crippen LogP contribution is -2.28. The van der Waals surface area contributed by atoms with Gasteiger partial charge >= 0.3 is 6.18 Å². The molecule has 0 unspecified atom stereocenters. The molecule has 0 saturated carbocycles. The van der Waals surface area contributed by atoms with Crippen LogP contribution in [0.25, 0.3) is 16.9 Å². The van der Waals surface area contributed by atoms with Gasteiger partial charge in [0.2, 0.25) is 5.91 Å². The van der Waals surface area contributed by atoms with Gasteiger partial charge in [-0.3, -0.25) is 4.79 Å². The molecule has 3 aromatic rings. The number of anilines is 1. The number of hydrogen-bond donors (Lipinski definition) is 2. The van der Waals surface area contributed by atoms with Crippen LogP contribution in [0.3, 0.4) is 0 Å². The van der Waals surface area contributed by atoms with Crippen LogP contribution in [0.4, 0.5) is 23.4 Å². The standard InChI is InChI=1S/C25H26F4N4O2.C2H6/c1-4-30-13-17(3)24(34)31-23-12-22(33(32-23)21-7-5-20(26)6-8-21)19-10-16(2)9-18(11-19)14-35-15-25(27,28)29;1-2/h4-12,17,30H,1,13-15H2,2-3H3,(H,31,32,34);1-2H3/t17-;/m1./s1. The first kappa shape index (κ1) is 29.6. The summed E-state index contributed by atoms with van der Waals surface area (Å²) in [5.41, 5.74) is 3.10. The molecule has 0 saturated heterocycles. The van der Waals surface area contributed by atoms with E-state index in [0.29, 0.717) is 29.1 Å². The Morgan fingerprint density at radius 2 is 1.84 bits per heavy atom. The average molecular weight is 521 g/mol. The van der Waals surface area contributed by atoms with Crippen molar-refractivity contribution in [3.05, 3.63) is 78.3 Å². The maximum Gasteiger partial charge on any atom is 0.411 e. The minimum absolute atomic E-state index is 0.226. The van der Waals surface area contributed by atoms with Gasteiger partial charge in [-0.05, 0) is 55.1 Å². The number of aromatic nitrogens is 2. The Bertz CT molecular complexity index is 1170. The van der Waals surface area contributed by atoms with Crippen LogP contribution in [0, 0.1) is 18.7 Å². The molecule has 1 atom stereocenters. The van der Waals surface area contributed by atoms with Gasteiger partial charge in [0.05, 0.1) is 23.9 Å². The summed E-state index contributed by atoms with van der Waals surface area (Å²) in [5, 5.41) is 10.1. The van der Waals surface area contributed by atoms with E-state index < -0.39 is 18.6 Å². The number of rotatable bonds is 10. The Labute approximate surface area is 214 Å². The fourth-order valence-corrected chi connectivity index (χ4v) is 3.41. The Hall–Kier alpha value is -3.66. The second kappa shape index (κ2) is 13.6. The van der Waals surface area contributed by atoms with E-state index in [2.05, 4.69) is 22.3 Å². The Morgan fingerprint density at radius 3 is 2.46 bits per heavy atom. The number of alkyl halides is 3. The lowest BCUT2D eigenvalue weighted by molar-refractivity contribution is -0.176. The highest BCUT2D eigenvalue weighted by molar-refractivity contribution is 5.92. The maximum absolute atomic E-state index is 13.5. The van der Waals surface area contributed by atoms with Gasteiger partial charge in [0.15, 0.2) is 5.82 Å². The number of carbonyl (C=O) groups excluding carboxylic acids is 1. The molecule has 37 heavy (non-hydrogen) atoms. The van der Waals surface area contributed by atoms with Gasteiger partial charge in [-0.1, -0.05) is 39.0 Å². The summed E-state index contributed by atoms with van der Waals surface area (Å²) in [6.07, 6.45) is -2.92. The van der Waals surface area contributed by atoms with Crippen molar-refractivity contribution in [2.75, 3.05) is 18.5 Å². The summed E-state index contributed by atoms with van der Waals surface area (Å²) in [6, 6.07) is 12.6. The van der Waals surface area contributed by atoms with E-state index in [1.54, 1.807) is 25.1 Å². The fourth-order valence-electron chi connectivity index (χ4n) is 3.41. The monoisotopic (exact) mass is 520 g/mol. The van der Waals surface area contributed by atoms with Crippen molar-refractivity contribution in [1.29, 1.82) is 0 Å². The topological polar surface area (TPSA) is 68.2 Å². The molecule has 2 N–H and O–H groups in total. The first-order valence-electron chi connectivity index (χ1n) is 11.8. The molecule has 0 bridgehead atoms. The number of nitrogens with zero attached hydrogens (tertiary/aromatic N) is 2. The third-order valence-corrected chi connectivity index (χ3v) is 5.02. The number of ether oxygens (including phenoxy) is 1. The Kier molecular flexibility index (Phi) is 10.9. The molecule has 0 aliphatic rings. The van der Waals surface area contributed by atoms with Gasteiger partial charge in [-0.15, -0.1) is 5.10 Å². The molecule has 0 spiro atoms. The molecule has 0 fully saturated rings. The third-order valence-electron chi connectivity index (χ3n) is 5.02. The zero-order chi connectivity index (χ0) is 27.6. The van der Waals surface area contributed by atoms with Gasteiger partial charge in [-0.25, -0.2) is 9.07 Å². The molecule has 200 valence electrons. The Morgan fingerprint density at radius 1 is 1.16 bits per heavy atom. The van der Waals surface area contributed by atoms with E-state index in [0.717, 1.165) is 5.56 Å². The van der Waals surface area contributed by atoms with E-state index in [1.807, 2.05) is 26.8 Å². The zero-order valence-electron chi connectivity index (χ0n) is 21.3. The van der Waals surface area contributed by atoms with Gasteiger partial charge in [0, 0.05) is 18.2 Å². The molecule has 6 nitrogen and oxygen atoms in total. The van der Waals surface area contributed by atoms with Crippen LogP contribution in [0.15, 0.2) is 61.3 Å². The first-order valence-corrected chi connectivity index (χ1v) is 11.8. The van der Waals surface area contributed by atoms with E-state index in [4.69, 9.17) is 4.74 Å². The number of carbonyl (C=O) groups is 1. The van der Waals surface area contributed by atoms with Crippen molar-refractivity contribution in [3.8, 4) is 16.9 Å². The highest BCUT2D eigenvalue weighted by atomic mass is 19.4. The maximum atomic E-state index is 13.5. The van der Waals surface area contributed by atoms with Crippen molar-refractivity contribution < 1.29 is 27.1 Å². The predicted molar refractivity (Wildman–Crippen MR) is 137 cm³/mol. The number of hydrogen-bond acceptors (Lipinski definition) is 4. The normalized spacial score (nSPS) is 11.8. The minimum atomic E-state index is -4.42. The molecule has 0 aliphatic heterocycles. The average Bonchev–Trinajstić information content (AvgIpc) is 3.26. The summed E-state index contributed by atoms with van der Waals surface area (Å²) in [4.78, 5) is 12.6. The number of aryl methyl sites for hydroxylation is 1. The molecule has 1 heterocycles. The van der Waals surface area contributed by atoms with Crippen molar-refractivity contribution >= 4 is 11.7 Å². The van der Waals surface area contributed by atoms with E-state index in [9.17, 15) is 22.4 Å². The highest BCUT2D eigenvalue weighted by Crippen LogP contribution is 2.29. The second-order valence-corrected chi connectivity index (χ2v) is 8.12. The summed E-state index contributed by atoms with van der Waals surface area (Å²) in [5.74, 6) is -0.778. The molecule has 3 rings (SSSR count). The first-order chi connectivity index (χ1) is 17.6. The molecular formula is C27H32F4N4O2. The molecule has 0 radical (unpaired) electrons. The van der Waals surface area contributed by atoms with Crippen LogP contribution in [0.1, 0.15) is 31.9 Å². The van der Waals surface area contributed by atoms with Crippen molar-refractivity contribution in [1.82, 2.24) is 15.1 Å². The molecular weight excluding hydrogens is 488 g/mol. The van der Waals surface area contributed by atoms with Gasteiger partial charge in [-0.2, -0.15) is 13.2 Å². The number of amides is 1. The number of benzene rings is 2. The smallest absolute Gasteiger partial charge is 0.391 e. The van der Waals surface area contributed by atoms with Crippen LogP contribution < -0.4 is 10.6 Å². The van der Waals surface area contributed by atoms with Crippen LogP contribution >= 0.6 is 0 Å². The van der Waals surface area contributed by atoms with Crippen molar-refractivity contribution in [2.45, 2.75) is 40.5 Å². The summed E-state index contributed by atoms with van der Waals surface area (Å²) < 4.78 is 57.3. The van der Waals surface area contributed by atoms with Crippen LogP contribution in [-0.4, -0.2) is 35.0 Å². The SMILES string of the molecule is C=CNC[C@@H](C)C(=O)Nc1cc(-c2cc(C)cc(COCC(F)(F)F)c2)n(-c2ccc(F)cc2)n1.CC. The number of nitrogens with one attached hydrogen (secondary N) is 2. The lowest BCUT2D eigenvalue weighted by Gasteiger charge is -2.12. The van der Waals surface area contributed by atoms with E-state index >= 15 is 0 Å². The van der Waals surface area contributed by atoms with Gasteiger partial charge in [0.1, 0.15) is 12.4 Å². The fraction of sp³-hybridized carbons (Fsp3) is 0.333. The van der Waals surface area contributed by atoms with E-state index in [1.165, 1.54) is 35.1 Å². The molecule has 2 aromatic carbocycles. The third kappa shape index (κ3) is 9.05. The van der Waals surface area contributed by atoms with Crippen LogP contribution in [-0.2, 0) is 16.1 Å². The largest absolute Gasteiger partial charge is 0.411 e. The van der Waals surface area contributed by atoms with Crippen LogP contribution in [0.5, 0.6) is 0 Å². The highest BCUT2D eigenvalue weighted by Gasteiger charge is 2.27. The summed E-state index contributed by atoms with van der Waals surface area (Å²) in [7, 11) is 0. The molecule has 1 amide bonds. The van der Waals surface area contributed by atoms with Gasteiger partial charge in [0.25, 0.3) is 0 Å². The molecule has 10 heteroatoms. The lowest BCUT2D eigenvalue weighted by atomic mass is 10.0. The van der Waals surface area contributed by atoms with Crippen molar-refractivity contribution in [3.63, 3.8) is 0 Å².